The van der Waals surface area contributed by atoms with Crippen molar-refractivity contribution in [3.63, 3.8) is 0 Å². The van der Waals surface area contributed by atoms with Crippen LogP contribution in [0.2, 0.25) is 0 Å². The van der Waals surface area contributed by atoms with Crippen LogP contribution in [-0.4, -0.2) is 98.3 Å². The first kappa shape index (κ1) is 51.3. The number of unbranched alkanes of at least 4 members (excludes halogenated alkanes) is 18. The third-order valence-corrected chi connectivity index (χ3v) is 10.8. The minimum atomic E-state index is -5.11. The minimum absolute atomic E-state index is 0.0826. The monoisotopic (exact) mass is 806 g/mol. The van der Waals surface area contributed by atoms with E-state index < -0.39 is 75.7 Å². The second-order valence-corrected chi connectivity index (χ2v) is 16.3. The maximum absolute atomic E-state index is 12.8. The molecule has 55 heavy (non-hydrogen) atoms. The van der Waals surface area contributed by atoms with Crippen LogP contribution in [0.1, 0.15) is 168 Å². The van der Waals surface area contributed by atoms with E-state index in [0.29, 0.717) is 12.8 Å². The molecule has 322 valence electrons. The second-order valence-electron chi connectivity index (χ2n) is 14.8. The van der Waals surface area contributed by atoms with E-state index in [-0.39, 0.29) is 12.8 Å². The average molecular weight is 807 g/mol. The number of phosphoric ester groups is 1. The molecular formula is C41H75O13P. The van der Waals surface area contributed by atoms with Crippen molar-refractivity contribution < 1.29 is 63.1 Å². The van der Waals surface area contributed by atoms with Crippen molar-refractivity contribution in [2.75, 3.05) is 13.2 Å². The first-order valence-corrected chi connectivity index (χ1v) is 22.6. The molecule has 0 radical (unpaired) electrons. The summed E-state index contributed by atoms with van der Waals surface area (Å²) in [5.74, 6) is -1.11. The van der Waals surface area contributed by atoms with E-state index in [1.165, 1.54) is 57.8 Å². The van der Waals surface area contributed by atoms with E-state index in [2.05, 4.69) is 38.2 Å². The third kappa shape index (κ3) is 25.3. The van der Waals surface area contributed by atoms with Crippen LogP contribution in [-0.2, 0) is 32.7 Å². The summed E-state index contributed by atoms with van der Waals surface area (Å²) >= 11 is 0. The number of hydrogen-bond acceptors (Lipinski definition) is 12. The lowest BCUT2D eigenvalue weighted by atomic mass is 9.85. The summed E-state index contributed by atoms with van der Waals surface area (Å²) in [6.07, 6.45) is 19.6. The summed E-state index contributed by atoms with van der Waals surface area (Å²) in [7, 11) is -5.11. The zero-order chi connectivity index (χ0) is 40.7. The van der Waals surface area contributed by atoms with Gasteiger partial charge in [-0.3, -0.25) is 18.6 Å². The number of ether oxygens (including phenoxy) is 2. The van der Waals surface area contributed by atoms with Crippen LogP contribution in [0.5, 0.6) is 0 Å². The zero-order valence-electron chi connectivity index (χ0n) is 33.7. The molecule has 6 unspecified atom stereocenters. The second kappa shape index (κ2) is 32.3. The first-order valence-electron chi connectivity index (χ1n) is 21.1. The molecule has 13 nitrogen and oxygen atoms in total. The number of esters is 2. The molecular weight excluding hydrogens is 731 g/mol. The highest BCUT2D eigenvalue weighted by Gasteiger charge is 2.51. The van der Waals surface area contributed by atoms with Gasteiger partial charge in [0.2, 0.25) is 0 Å². The lowest BCUT2D eigenvalue weighted by Crippen LogP contribution is -2.64. The van der Waals surface area contributed by atoms with Gasteiger partial charge in [0.15, 0.2) is 6.10 Å². The largest absolute Gasteiger partial charge is 0.472 e. The number of rotatable bonds is 34. The molecule has 14 heteroatoms. The Morgan fingerprint density at radius 1 is 0.564 bits per heavy atom. The SMILES string of the molecule is CCC/C=C\C/C=C\CCCCCCCC(=O)OC(COC(=O)CCCCCCCCCCCCCCC)COP(=O)(O)OC1C(O)C(O)C(O)C(O)C1O. The van der Waals surface area contributed by atoms with Crippen molar-refractivity contribution in [1.29, 1.82) is 0 Å². The molecule has 0 spiro atoms. The number of aliphatic hydroxyl groups excluding tert-OH is 5. The predicted molar refractivity (Wildman–Crippen MR) is 212 cm³/mol. The lowest BCUT2D eigenvalue weighted by molar-refractivity contribution is -0.220. The van der Waals surface area contributed by atoms with Gasteiger partial charge in [0, 0.05) is 12.8 Å². The number of carbonyl (C=O) groups excluding carboxylic acids is 2. The van der Waals surface area contributed by atoms with Gasteiger partial charge in [0.1, 0.15) is 43.2 Å². The molecule has 1 fully saturated rings. The van der Waals surface area contributed by atoms with Crippen molar-refractivity contribution in [3.05, 3.63) is 24.3 Å². The fraction of sp³-hybridized carbons (Fsp3) is 0.854. The van der Waals surface area contributed by atoms with Crippen LogP contribution in [0.4, 0.5) is 0 Å². The Bertz CT molecular complexity index is 1070. The maximum Gasteiger partial charge on any atom is 0.472 e. The van der Waals surface area contributed by atoms with Crippen molar-refractivity contribution in [2.45, 2.75) is 211 Å². The maximum atomic E-state index is 12.8. The molecule has 1 aliphatic rings. The van der Waals surface area contributed by atoms with Gasteiger partial charge in [-0.2, -0.15) is 0 Å². The van der Waals surface area contributed by atoms with Crippen molar-refractivity contribution in [2.24, 2.45) is 0 Å². The molecule has 0 aromatic rings. The zero-order valence-corrected chi connectivity index (χ0v) is 34.6. The highest BCUT2D eigenvalue weighted by Crippen LogP contribution is 2.47. The van der Waals surface area contributed by atoms with Gasteiger partial charge >= 0.3 is 19.8 Å². The standard InChI is InChI=1S/C41H75O13P/c1-3-5-7-9-11-13-15-17-19-21-23-25-27-29-34(42)51-31-33(32-52-55(49,50)54-41-39(47)37(45)36(44)38(46)40(41)48)53-35(43)30-28-26-24-22-20-18-16-14-12-10-8-6-4-2/h8,10,14,16,33,36-41,44-48H,3-7,9,11-13,15,17-32H2,1-2H3,(H,49,50)/b10-8-,16-14-. The topological polar surface area (TPSA) is 210 Å². The van der Waals surface area contributed by atoms with Gasteiger partial charge in [0.25, 0.3) is 0 Å². The highest BCUT2D eigenvalue weighted by atomic mass is 31.2. The van der Waals surface area contributed by atoms with E-state index in [9.17, 15) is 44.6 Å². The molecule has 6 atom stereocenters. The molecule has 0 aromatic heterocycles. The number of phosphoric acid groups is 1. The molecule has 0 bridgehead atoms. The summed E-state index contributed by atoms with van der Waals surface area (Å²) in [6, 6.07) is 0. The quantitative estimate of drug-likeness (QED) is 0.0164. The van der Waals surface area contributed by atoms with Crippen LogP contribution in [0.25, 0.3) is 0 Å². The Morgan fingerprint density at radius 3 is 1.55 bits per heavy atom. The first-order chi connectivity index (χ1) is 26.4. The Hall–Kier alpha value is -1.67. The molecule has 6 N–H and O–H groups in total. The van der Waals surface area contributed by atoms with E-state index in [1.807, 2.05) is 0 Å². The van der Waals surface area contributed by atoms with Gasteiger partial charge in [-0.05, 0) is 38.5 Å². The van der Waals surface area contributed by atoms with E-state index in [1.54, 1.807) is 0 Å². The molecule has 0 saturated heterocycles. The van der Waals surface area contributed by atoms with Crippen LogP contribution in [0.3, 0.4) is 0 Å². The van der Waals surface area contributed by atoms with E-state index >= 15 is 0 Å². The van der Waals surface area contributed by atoms with Gasteiger partial charge in [-0.15, -0.1) is 0 Å². The summed E-state index contributed by atoms with van der Waals surface area (Å²) in [6.45, 7) is 3.20. The van der Waals surface area contributed by atoms with E-state index in [4.69, 9.17) is 18.5 Å². The minimum Gasteiger partial charge on any atom is -0.462 e. The average Bonchev–Trinajstić information content (AvgIpc) is 3.16. The van der Waals surface area contributed by atoms with Crippen LogP contribution >= 0.6 is 7.82 Å². The Labute approximate surface area is 330 Å². The third-order valence-electron chi connectivity index (χ3n) is 9.78. The molecule has 1 aliphatic carbocycles. The molecule has 0 heterocycles. The smallest absolute Gasteiger partial charge is 0.462 e. The van der Waals surface area contributed by atoms with Crippen molar-refractivity contribution in [1.82, 2.24) is 0 Å². The summed E-state index contributed by atoms with van der Waals surface area (Å²) < 4.78 is 33.4. The molecule has 0 aliphatic heterocycles. The summed E-state index contributed by atoms with van der Waals surface area (Å²) in [4.78, 5) is 35.5. The predicted octanol–water partition coefficient (Wildman–Crippen LogP) is 7.28. The van der Waals surface area contributed by atoms with Crippen LogP contribution in [0, 0.1) is 0 Å². The Balaban J connectivity index is 2.51. The summed E-state index contributed by atoms with van der Waals surface area (Å²) in [5, 5.41) is 50.0. The lowest BCUT2D eigenvalue weighted by Gasteiger charge is -2.41. The highest BCUT2D eigenvalue weighted by molar-refractivity contribution is 7.47. The van der Waals surface area contributed by atoms with Crippen LogP contribution in [0.15, 0.2) is 24.3 Å². The van der Waals surface area contributed by atoms with E-state index in [0.717, 1.165) is 70.6 Å². The molecule has 0 amide bonds. The fourth-order valence-electron chi connectivity index (χ4n) is 6.32. The van der Waals surface area contributed by atoms with Gasteiger partial charge in [-0.25, -0.2) is 4.57 Å². The number of hydrogen-bond donors (Lipinski definition) is 6. The summed E-state index contributed by atoms with van der Waals surface area (Å²) in [5.41, 5.74) is 0. The van der Waals surface area contributed by atoms with Gasteiger partial charge < -0.3 is 39.9 Å². The van der Waals surface area contributed by atoms with Crippen molar-refractivity contribution in [3.8, 4) is 0 Å². The van der Waals surface area contributed by atoms with Gasteiger partial charge in [0.05, 0.1) is 6.61 Å². The molecule has 1 rings (SSSR count). The molecule has 0 aromatic carbocycles. The Morgan fingerprint density at radius 2 is 1.02 bits per heavy atom. The number of carbonyl (C=O) groups is 2. The molecule has 1 saturated carbocycles. The number of aliphatic hydroxyl groups is 5. The fourth-order valence-corrected chi connectivity index (χ4v) is 7.30. The Kier molecular flexibility index (Phi) is 30.2. The number of allylic oxidation sites excluding steroid dienone is 4. The van der Waals surface area contributed by atoms with Crippen molar-refractivity contribution >= 4 is 19.8 Å². The normalized spacial score (nSPS) is 23.3. The van der Waals surface area contributed by atoms with Crippen LogP contribution < -0.4 is 0 Å². The van der Waals surface area contributed by atoms with Gasteiger partial charge in [-0.1, -0.05) is 141 Å².